The zero-order valence-corrected chi connectivity index (χ0v) is 14.3. The van der Waals surface area contributed by atoms with Gasteiger partial charge in [0.15, 0.2) is 0 Å². The van der Waals surface area contributed by atoms with Crippen LogP contribution in [0, 0.1) is 0 Å². The summed E-state index contributed by atoms with van der Waals surface area (Å²) < 4.78 is 13.7. The van der Waals surface area contributed by atoms with Gasteiger partial charge in [0.1, 0.15) is 0 Å². The van der Waals surface area contributed by atoms with E-state index < -0.39 is 12.9 Å². The van der Waals surface area contributed by atoms with Crippen LogP contribution < -0.4 is 15.9 Å². The van der Waals surface area contributed by atoms with Gasteiger partial charge in [-0.15, -0.1) is 0 Å². The third kappa shape index (κ3) is 3.06. The lowest BCUT2D eigenvalue weighted by Crippen LogP contribution is -2.28. The molecule has 0 saturated heterocycles. The number of methoxy groups -OCH3 is 1. The van der Waals surface area contributed by atoms with E-state index in [0.717, 1.165) is 15.9 Å². The molecule has 0 saturated carbocycles. The van der Waals surface area contributed by atoms with E-state index in [1.54, 1.807) is 0 Å². The van der Waals surface area contributed by atoms with Crippen molar-refractivity contribution in [3.05, 3.63) is 91.0 Å². The summed E-state index contributed by atoms with van der Waals surface area (Å²) in [5.74, 6) is -0.594. The molecule has 0 unspecified atom stereocenters. The van der Waals surface area contributed by atoms with E-state index in [1.807, 2.05) is 91.0 Å². The van der Waals surface area contributed by atoms with Crippen molar-refractivity contribution in [2.75, 3.05) is 7.11 Å². The number of carbonyl (C=O) groups is 1. The number of carbonyl (C=O) groups excluding carboxylic acids is 1. The number of hydrogen-bond acceptors (Lipinski definition) is 2. The monoisotopic (exact) mass is 335 g/mol. The minimum absolute atomic E-state index is 0.00130. The third-order valence-electron chi connectivity index (χ3n) is 3.87. The highest BCUT2D eigenvalue weighted by Crippen LogP contribution is 2.43. The number of esters is 1. The van der Waals surface area contributed by atoms with Crippen molar-refractivity contribution in [1.29, 1.82) is 0 Å². The second-order valence-corrected chi connectivity index (χ2v) is 8.40. The summed E-state index contributed by atoms with van der Waals surface area (Å²) >= 11 is 0. The predicted octanol–water partition coefficient (Wildman–Crippen LogP) is 2.96. The standard InChI is InChI=1S/C21H19O2P/c1-23-21(22)17-24(18-11-5-2-6-12-18,19-13-7-3-8-14-19)20-15-9-4-10-16-20/h2-17H,1H3/i17D. The molecule has 0 aliphatic carbocycles. The smallest absolute Gasteiger partial charge is 0.331 e. The Morgan fingerprint density at radius 1 is 0.792 bits per heavy atom. The summed E-state index contributed by atoms with van der Waals surface area (Å²) in [4.78, 5) is 12.5. The number of benzene rings is 3. The SMILES string of the molecule is [2H]C(C(=O)OC)=P(c1ccccc1)(c1ccccc1)c1ccccc1. The maximum absolute atomic E-state index is 12.5. The second-order valence-electron chi connectivity index (χ2n) is 5.28. The molecular weight excluding hydrogens is 315 g/mol. The average Bonchev–Trinajstić information content (AvgIpc) is 2.70. The fraction of sp³-hybridized carbons (Fsp3) is 0.0476. The largest absolute Gasteiger partial charge is 0.466 e. The highest BCUT2D eigenvalue weighted by molar-refractivity contribution is 7.95. The van der Waals surface area contributed by atoms with Gasteiger partial charge in [0.25, 0.3) is 0 Å². The van der Waals surface area contributed by atoms with Gasteiger partial charge < -0.3 is 4.74 Å². The number of rotatable bonds is 4. The maximum atomic E-state index is 12.5. The molecule has 3 aromatic carbocycles. The molecule has 0 aliphatic rings. The van der Waals surface area contributed by atoms with Crippen molar-refractivity contribution in [3.8, 4) is 0 Å². The van der Waals surface area contributed by atoms with Crippen LogP contribution in [-0.4, -0.2) is 18.9 Å². The van der Waals surface area contributed by atoms with Gasteiger partial charge in [-0.1, -0.05) is 91.0 Å². The van der Waals surface area contributed by atoms with Crippen molar-refractivity contribution < 1.29 is 10.9 Å². The fourth-order valence-electron chi connectivity index (χ4n) is 2.78. The maximum Gasteiger partial charge on any atom is 0.331 e. The first-order valence-corrected chi connectivity index (χ1v) is 9.48. The Balaban J connectivity index is 2.52. The van der Waals surface area contributed by atoms with Crippen LogP contribution in [-0.2, 0) is 9.53 Å². The van der Waals surface area contributed by atoms with E-state index >= 15 is 0 Å². The lowest BCUT2D eigenvalue weighted by atomic mass is 10.4. The molecule has 0 radical (unpaired) electrons. The van der Waals surface area contributed by atoms with Crippen LogP contribution in [0.15, 0.2) is 91.0 Å². The zero-order chi connectivity index (χ0) is 17.7. The lowest BCUT2D eigenvalue weighted by Gasteiger charge is -2.28. The van der Waals surface area contributed by atoms with Gasteiger partial charge in [0, 0.05) is 5.77 Å². The van der Waals surface area contributed by atoms with Gasteiger partial charge in [0.2, 0.25) is 0 Å². The summed E-state index contributed by atoms with van der Waals surface area (Å²) in [6.45, 7) is -2.61. The Morgan fingerprint density at radius 2 is 1.12 bits per heavy atom. The van der Waals surface area contributed by atoms with Crippen molar-refractivity contribution in [2.45, 2.75) is 0 Å². The zero-order valence-electron chi connectivity index (χ0n) is 14.4. The van der Waals surface area contributed by atoms with E-state index in [1.165, 1.54) is 7.11 Å². The minimum Gasteiger partial charge on any atom is -0.466 e. The second kappa shape index (κ2) is 7.33. The first-order valence-electron chi connectivity index (χ1n) is 8.19. The van der Waals surface area contributed by atoms with Crippen LogP contribution in [0.5, 0.6) is 0 Å². The van der Waals surface area contributed by atoms with E-state index in [-0.39, 0.29) is 5.77 Å². The van der Waals surface area contributed by atoms with Gasteiger partial charge in [-0.05, 0) is 22.8 Å². The molecule has 0 atom stereocenters. The quantitative estimate of drug-likeness (QED) is 0.541. The first kappa shape index (κ1) is 15.0. The van der Waals surface area contributed by atoms with Crippen LogP contribution in [0.3, 0.4) is 0 Å². The first-order chi connectivity index (χ1) is 12.2. The van der Waals surface area contributed by atoms with Gasteiger partial charge in [0.05, 0.1) is 8.48 Å². The van der Waals surface area contributed by atoms with Crippen LogP contribution >= 0.6 is 6.89 Å². The van der Waals surface area contributed by atoms with E-state index in [2.05, 4.69) is 0 Å². The molecule has 0 aromatic heterocycles. The molecule has 0 heterocycles. The molecule has 3 rings (SSSR count). The highest BCUT2D eigenvalue weighted by Gasteiger charge is 2.26. The van der Waals surface area contributed by atoms with Crippen LogP contribution in [0.4, 0.5) is 0 Å². The molecule has 24 heavy (non-hydrogen) atoms. The number of hydrogen-bond donors (Lipinski definition) is 0. The van der Waals surface area contributed by atoms with Gasteiger partial charge in [-0.2, -0.15) is 0 Å². The summed E-state index contributed by atoms with van der Waals surface area (Å²) in [5.41, 5.74) is 0. The molecular formula is C21H19O2P. The Hall–Kier alpha value is -2.57. The van der Waals surface area contributed by atoms with Crippen molar-refractivity contribution in [1.82, 2.24) is 0 Å². The van der Waals surface area contributed by atoms with Crippen molar-refractivity contribution >= 4 is 34.5 Å². The molecule has 3 heteroatoms. The van der Waals surface area contributed by atoms with Gasteiger partial charge >= 0.3 is 5.97 Å². The van der Waals surface area contributed by atoms with E-state index in [9.17, 15) is 4.79 Å². The summed E-state index contributed by atoms with van der Waals surface area (Å²) in [7, 11) is 1.33. The third-order valence-corrected chi connectivity index (χ3v) is 7.61. The Kier molecular flexibility index (Phi) is 4.58. The van der Waals surface area contributed by atoms with Crippen molar-refractivity contribution in [3.63, 3.8) is 0 Å². The van der Waals surface area contributed by atoms with Crippen molar-refractivity contribution in [2.24, 2.45) is 0 Å². The molecule has 0 N–H and O–H groups in total. The summed E-state index contributed by atoms with van der Waals surface area (Å²) in [5, 5.41) is 2.88. The van der Waals surface area contributed by atoms with Gasteiger partial charge in [-0.3, -0.25) is 0 Å². The molecule has 0 bridgehead atoms. The minimum atomic E-state index is -2.61. The fourth-order valence-corrected chi connectivity index (χ4v) is 6.28. The van der Waals surface area contributed by atoms with E-state index in [0.29, 0.717) is 0 Å². The normalized spacial score (nSPS) is 11.5. The molecule has 2 nitrogen and oxygen atoms in total. The predicted molar refractivity (Wildman–Crippen MR) is 103 cm³/mol. The molecule has 0 amide bonds. The molecule has 120 valence electrons. The molecule has 0 fully saturated rings. The molecule has 0 spiro atoms. The lowest BCUT2D eigenvalue weighted by molar-refractivity contribution is -0.132. The molecule has 0 aliphatic heterocycles. The average molecular weight is 335 g/mol. The summed E-state index contributed by atoms with van der Waals surface area (Å²) in [6, 6.07) is 29.4. The Morgan fingerprint density at radius 3 is 1.42 bits per heavy atom. The van der Waals surface area contributed by atoms with Gasteiger partial charge in [-0.25, -0.2) is 4.79 Å². The molecule has 3 aromatic rings. The Bertz CT molecular complexity index is 803. The van der Waals surface area contributed by atoms with Crippen LogP contribution in [0.25, 0.3) is 0 Å². The topological polar surface area (TPSA) is 26.3 Å². The Labute approximate surface area is 144 Å². The number of ether oxygens (including phenoxy) is 1. The summed E-state index contributed by atoms with van der Waals surface area (Å²) in [6.07, 6.45) is 0. The van der Waals surface area contributed by atoms with E-state index in [4.69, 9.17) is 6.11 Å². The van der Waals surface area contributed by atoms with Crippen LogP contribution in [0.1, 0.15) is 1.37 Å². The van der Waals surface area contributed by atoms with Crippen LogP contribution in [0.2, 0.25) is 0 Å². The highest BCUT2D eigenvalue weighted by atomic mass is 31.2.